The summed E-state index contributed by atoms with van der Waals surface area (Å²) in [6.07, 6.45) is 6.84. The average molecular weight is 243 g/mol. The van der Waals surface area contributed by atoms with Crippen molar-refractivity contribution in [3.05, 3.63) is 54.6 Å². The first kappa shape index (κ1) is 12.8. The first-order valence-electron chi connectivity index (χ1n) is 6.57. The second kappa shape index (κ2) is 6.97. The molecule has 18 heavy (non-hydrogen) atoms. The summed E-state index contributed by atoms with van der Waals surface area (Å²) in [7, 11) is 0. The summed E-state index contributed by atoms with van der Waals surface area (Å²) in [5, 5.41) is 3.51. The quantitative estimate of drug-likeness (QED) is 0.758. The third-order valence-corrected chi connectivity index (χ3v) is 3.15. The second-order valence-corrected chi connectivity index (χ2v) is 4.67. The largest absolute Gasteiger partial charge is 0.337 e. The molecule has 1 atom stereocenters. The van der Waals surface area contributed by atoms with Gasteiger partial charge in [0.25, 0.3) is 0 Å². The Morgan fingerprint density at radius 2 is 2.11 bits per heavy atom. The van der Waals surface area contributed by atoms with E-state index in [1.165, 1.54) is 5.56 Å². The van der Waals surface area contributed by atoms with Gasteiger partial charge in [0.15, 0.2) is 0 Å². The molecule has 1 aromatic carbocycles. The SMILES string of the molecule is C[C@@H](CNCCCn1ccnc1)c1ccccc1. The maximum atomic E-state index is 4.03. The van der Waals surface area contributed by atoms with E-state index in [1.54, 1.807) is 0 Å². The maximum absolute atomic E-state index is 4.03. The number of hydrogen-bond acceptors (Lipinski definition) is 2. The van der Waals surface area contributed by atoms with Gasteiger partial charge >= 0.3 is 0 Å². The fourth-order valence-electron chi connectivity index (χ4n) is 2.02. The minimum atomic E-state index is 0.569. The van der Waals surface area contributed by atoms with E-state index in [9.17, 15) is 0 Å². The maximum Gasteiger partial charge on any atom is 0.0945 e. The normalized spacial score (nSPS) is 12.5. The van der Waals surface area contributed by atoms with Crippen LogP contribution in [0.5, 0.6) is 0 Å². The van der Waals surface area contributed by atoms with Crippen LogP contribution in [0, 0.1) is 0 Å². The van der Waals surface area contributed by atoms with Gasteiger partial charge in [-0.1, -0.05) is 37.3 Å². The molecular formula is C15H21N3. The molecular weight excluding hydrogens is 222 g/mol. The third kappa shape index (κ3) is 4.00. The van der Waals surface area contributed by atoms with E-state index in [-0.39, 0.29) is 0 Å². The molecule has 0 aliphatic heterocycles. The molecule has 0 radical (unpaired) electrons. The molecule has 0 bridgehead atoms. The van der Waals surface area contributed by atoms with E-state index in [4.69, 9.17) is 0 Å². The highest BCUT2D eigenvalue weighted by Gasteiger charge is 2.03. The molecule has 3 nitrogen and oxygen atoms in total. The van der Waals surface area contributed by atoms with Gasteiger partial charge in [-0.3, -0.25) is 0 Å². The first-order valence-corrected chi connectivity index (χ1v) is 6.57. The van der Waals surface area contributed by atoms with Crippen LogP contribution >= 0.6 is 0 Å². The Morgan fingerprint density at radius 1 is 1.28 bits per heavy atom. The molecule has 0 aliphatic carbocycles. The van der Waals surface area contributed by atoms with Crippen molar-refractivity contribution >= 4 is 0 Å². The number of aryl methyl sites for hydroxylation is 1. The summed E-state index contributed by atoms with van der Waals surface area (Å²) in [5.41, 5.74) is 1.40. The van der Waals surface area contributed by atoms with Gasteiger partial charge in [0, 0.05) is 25.5 Å². The zero-order valence-corrected chi connectivity index (χ0v) is 10.9. The summed E-state index contributed by atoms with van der Waals surface area (Å²) < 4.78 is 2.11. The van der Waals surface area contributed by atoms with Gasteiger partial charge in [-0.05, 0) is 24.4 Å². The van der Waals surface area contributed by atoms with E-state index in [2.05, 4.69) is 52.1 Å². The lowest BCUT2D eigenvalue weighted by Gasteiger charge is -2.13. The molecule has 96 valence electrons. The second-order valence-electron chi connectivity index (χ2n) is 4.67. The zero-order chi connectivity index (χ0) is 12.6. The number of aromatic nitrogens is 2. The minimum Gasteiger partial charge on any atom is -0.337 e. The van der Waals surface area contributed by atoms with Crippen molar-refractivity contribution in [2.24, 2.45) is 0 Å². The summed E-state index contributed by atoms with van der Waals surface area (Å²) in [4.78, 5) is 4.03. The number of hydrogen-bond donors (Lipinski definition) is 1. The molecule has 0 amide bonds. The predicted molar refractivity (Wildman–Crippen MR) is 74.6 cm³/mol. The smallest absolute Gasteiger partial charge is 0.0945 e. The van der Waals surface area contributed by atoms with Crippen LogP contribution in [-0.2, 0) is 6.54 Å². The Bertz CT molecular complexity index is 422. The Morgan fingerprint density at radius 3 is 2.83 bits per heavy atom. The monoisotopic (exact) mass is 243 g/mol. The van der Waals surface area contributed by atoms with E-state index < -0.39 is 0 Å². The summed E-state index contributed by atoms with van der Waals surface area (Å²) in [5.74, 6) is 0.569. The lowest BCUT2D eigenvalue weighted by molar-refractivity contribution is 0.556. The molecule has 2 aromatic rings. The van der Waals surface area contributed by atoms with Crippen molar-refractivity contribution < 1.29 is 0 Å². The van der Waals surface area contributed by atoms with Gasteiger partial charge in [0.05, 0.1) is 6.33 Å². The van der Waals surface area contributed by atoms with E-state index >= 15 is 0 Å². The summed E-state index contributed by atoms with van der Waals surface area (Å²) in [6, 6.07) is 10.7. The lowest BCUT2D eigenvalue weighted by Crippen LogP contribution is -2.22. The van der Waals surface area contributed by atoms with Gasteiger partial charge in [0.1, 0.15) is 0 Å². The third-order valence-electron chi connectivity index (χ3n) is 3.15. The van der Waals surface area contributed by atoms with Crippen LogP contribution in [0.1, 0.15) is 24.8 Å². The summed E-state index contributed by atoms with van der Waals surface area (Å²) in [6.45, 7) is 5.38. The molecule has 0 spiro atoms. The van der Waals surface area contributed by atoms with Gasteiger partial charge in [-0.15, -0.1) is 0 Å². The lowest BCUT2D eigenvalue weighted by atomic mass is 10.0. The van der Waals surface area contributed by atoms with Gasteiger partial charge in [-0.2, -0.15) is 0 Å². The zero-order valence-electron chi connectivity index (χ0n) is 10.9. The predicted octanol–water partition coefficient (Wildman–Crippen LogP) is 2.67. The summed E-state index contributed by atoms with van der Waals surface area (Å²) >= 11 is 0. The van der Waals surface area contributed by atoms with E-state index in [1.807, 2.05) is 18.7 Å². The van der Waals surface area contributed by atoms with Crippen LogP contribution in [-0.4, -0.2) is 22.6 Å². The average Bonchev–Trinajstić information content (AvgIpc) is 2.92. The molecule has 0 fully saturated rings. The highest BCUT2D eigenvalue weighted by molar-refractivity contribution is 5.18. The van der Waals surface area contributed by atoms with Crippen molar-refractivity contribution in [2.45, 2.75) is 25.8 Å². The van der Waals surface area contributed by atoms with Crippen LogP contribution in [0.3, 0.4) is 0 Å². The minimum absolute atomic E-state index is 0.569. The Labute approximate surface area is 109 Å². The standard InChI is InChI=1S/C15H21N3/c1-14(15-6-3-2-4-7-15)12-16-8-5-10-18-11-9-17-13-18/h2-4,6-7,9,11,13-14,16H,5,8,10,12H2,1H3/t14-/m0/s1. The number of nitrogens with zero attached hydrogens (tertiary/aromatic N) is 2. The molecule has 0 saturated carbocycles. The molecule has 1 N–H and O–H groups in total. The number of benzene rings is 1. The molecule has 0 saturated heterocycles. The van der Waals surface area contributed by atoms with Crippen LogP contribution < -0.4 is 5.32 Å². The molecule has 3 heteroatoms. The number of nitrogens with one attached hydrogen (secondary N) is 1. The van der Waals surface area contributed by atoms with Crippen molar-refractivity contribution in [3.8, 4) is 0 Å². The van der Waals surface area contributed by atoms with E-state index in [0.29, 0.717) is 5.92 Å². The van der Waals surface area contributed by atoms with Crippen LogP contribution in [0.25, 0.3) is 0 Å². The van der Waals surface area contributed by atoms with E-state index in [0.717, 1.165) is 26.1 Å². The Kier molecular flexibility index (Phi) is 4.97. The highest BCUT2D eigenvalue weighted by atomic mass is 15.0. The molecule has 0 unspecified atom stereocenters. The number of rotatable bonds is 7. The van der Waals surface area contributed by atoms with Gasteiger partial charge < -0.3 is 9.88 Å². The topological polar surface area (TPSA) is 29.9 Å². The fourth-order valence-corrected chi connectivity index (χ4v) is 2.02. The van der Waals surface area contributed by atoms with Crippen LogP contribution in [0.4, 0.5) is 0 Å². The molecule has 1 heterocycles. The van der Waals surface area contributed by atoms with Crippen molar-refractivity contribution in [1.29, 1.82) is 0 Å². The van der Waals surface area contributed by atoms with Gasteiger partial charge in [0.2, 0.25) is 0 Å². The van der Waals surface area contributed by atoms with Gasteiger partial charge in [-0.25, -0.2) is 4.98 Å². The highest BCUT2D eigenvalue weighted by Crippen LogP contribution is 2.12. The molecule has 2 rings (SSSR count). The van der Waals surface area contributed by atoms with Crippen LogP contribution in [0.2, 0.25) is 0 Å². The van der Waals surface area contributed by atoms with Crippen molar-refractivity contribution in [2.75, 3.05) is 13.1 Å². The fraction of sp³-hybridized carbons (Fsp3) is 0.400. The first-order chi connectivity index (χ1) is 8.86. The Hall–Kier alpha value is -1.61. The van der Waals surface area contributed by atoms with Crippen LogP contribution in [0.15, 0.2) is 49.1 Å². The molecule has 0 aliphatic rings. The Balaban J connectivity index is 1.61. The van der Waals surface area contributed by atoms with Crippen molar-refractivity contribution in [1.82, 2.24) is 14.9 Å². The van der Waals surface area contributed by atoms with Crippen molar-refractivity contribution in [3.63, 3.8) is 0 Å². The number of imidazole rings is 1. The molecule has 1 aromatic heterocycles.